The van der Waals surface area contributed by atoms with Crippen molar-refractivity contribution in [2.45, 2.75) is 33.1 Å². The van der Waals surface area contributed by atoms with Crippen LogP contribution in [0.5, 0.6) is 5.75 Å². The smallest absolute Gasteiger partial charge is 0.162 e. The van der Waals surface area contributed by atoms with E-state index in [4.69, 9.17) is 10.5 Å². The molecule has 0 spiro atoms. The number of unbranched alkanes of at least 4 members (excludes halogenated alkanes) is 2. The van der Waals surface area contributed by atoms with E-state index in [-0.39, 0.29) is 0 Å². The fourth-order valence-electron chi connectivity index (χ4n) is 1.56. The molecular weight excluding hydrogens is 190 g/mol. The van der Waals surface area contributed by atoms with Crippen LogP contribution in [0.3, 0.4) is 0 Å². The zero-order valence-corrected chi connectivity index (χ0v) is 9.92. The SMILES string of the molecule is Cc1nn(C)c(C)c1OCCCCCN. The minimum atomic E-state index is 0.757. The number of hydrogen-bond acceptors (Lipinski definition) is 3. The highest BCUT2D eigenvalue weighted by Gasteiger charge is 2.09. The molecule has 0 saturated heterocycles. The summed E-state index contributed by atoms with van der Waals surface area (Å²) in [5.41, 5.74) is 7.47. The second-order valence-electron chi connectivity index (χ2n) is 3.82. The van der Waals surface area contributed by atoms with E-state index in [1.165, 1.54) is 0 Å². The van der Waals surface area contributed by atoms with Gasteiger partial charge in [-0.25, -0.2) is 0 Å². The standard InChI is InChI=1S/C11H21N3O/c1-9-11(10(2)14(3)13-9)15-8-6-4-5-7-12/h4-8,12H2,1-3H3. The topological polar surface area (TPSA) is 53.1 Å². The second-order valence-corrected chi connectivity index (χ2v) is 3.82. The second kappa shape index (κ2) is 5.75. The van der Waals surface area contributed by atoms with Gasteiger partial charge in [-0.2, -0.15) is 5.10 Å². The van der Waals surface area contributed by atoms with Gasteiger partial charge in [0.1, 0.15) is 5.69 Å². The molecule has 0 aliphatic carbocycles. The molecule has 0 saturated carbocycles. The maximum Gasteiger partial charge on any atom is 0.162 e. The summed E-state index contributed by atoms with van der Waals surface area (Å²) >= 11 is 0. The first-order valence-corrected chi connectivity index (χ1v) is 5.50. The summed E-state index contributed by atoms with van der Waals surface area (Å²) in [5.74, 6) is 0.935. The number of rotatable bonds is 6. The Bertz CT molecular complexity index is 307. The molecule has 15 heavy (non-hydrogen) atoms. The van der Waals surface area contributed by atoms with E-state index < -0.39 is 0 Å². The van der Waals surface area contributed by atoms with Crippen LogP contribution in [0.15, 0.2) is 0 Å². The third-order valence-corrected chi connectivity index (χ3v) is 2.54. The zero-order valence-electron chi connectivity index (χ0n) is 9.92. The van der Waals surface area contributed by atoms with Gasteiger partial charge in [0.05, 0.1) is 12.3 Å². The predicted molar refractivity (Wildman–Crippen MR) is 61.1 cm³/mol. The van der Waals surface area contributed by atoms with Gasteiger partial charge in [0, 0.05) is 7.05 Å². The normalized spacial score (nSPS) is 10.7. The molecule has 1 rings (SSSR count). The van der Waals surface area contributed by atoms with E-state index in [9.17, 15) is 0 Å². The first-order valence-electron chi connectivity index (χ1n) is 5.50. The molecule has 0 atom stereocenters. The highest BCUT2D eigenvalue weighted by Crippen LogP contribution is 2.21. The Morgan fingerprint density at radius 2 is 2.00 bits per heavy atom. The van der Waals surface area contributed by atoms with Crippen LogP contribution in [-0.4, -0.2) is 22.9 Å². The van der Waals surface area contributed by atoms with Crippen molar-refractivity contribution in [3.63, 3.8) is 0 Å². The predicted octanol–water partition coefficient (Wildman–Crippen LogP) is 1.54. The lowest BCUT2D eigenvalue weighted by Crippen LogP contribution is -2.02. The van der Waals surface area contributed by atoms with Gasteiger partial charge in [-0.15, -0.1) is 0 Å². The summed E-state index contributed by atoms with van der Waals surface area (Å²) < 4.78 is 7.56. The molecular formula is C11H21N3O. The van der Waals surface area contributed by atoms with E-state index in [0.29, 0.717) is 0 Å². The van der Waals surface area contributed by atoms with Crippen LogP contribution >= 0.6 is 0 Å². The van der Waals surface area contributed by atoms with Gasteiger partial charge in [0.2, 0.25) is 0 Å². The molecule has 0 unspecified atom stereocenters. The lowest BCUT2D eigenvalue weighted by molar-refractivity contribution is 0.301. The van der Waals surface area contributed by atoms with Crippen molar-refractivity contribution < 1.29 is 4.74 Å². The zero-order chi connectivity index (χ0) is 11.3. The highest BCUT2D eigenvalue weighted by molar-refractivity contribution is 5.31. The van der Waals surface area contributed by atoms with Crippen molar-refractivity contribution in [1.29, 1.82) is 0 Å². The molecule has 1 aromatic heterocycles. The van der Waals surface area contributed by atoms with E-state index in [2.05, 4.69) is 5.10 Å². The first-order chi connectivity index (χ1) is 7.16. The van der Waals surface area contributed by atoms with Crippen LogP contribution in [0, 0.1) is 13.8 Å². The van der Waals surface area contributed by atoms with Crippen LogP contribution in [-0.2, 0) is 7.05 Å². The lowest BCUT2D eigenvalue weighted by Gasteiger charge is -2.05. The summed E-state index contributed by atoms with van der Waals surface area (Å²) in [7, 11) is 1.93. The summed E-state index contributed by atoms with van der Waals surface area (Å²) in [6.45, 7) is 5.52. The van der Waals surface area contributed by atoms with E-state index in [0.717, 1.165) is 49.6 Å². The van der Waals surface area contributed by atoms with Gasteiger partial charge in [-0.3, -0.25) is 4.68 Å². The first kappa shape index (κ1) is 12.0. The van der Waals surface area contributed by atoms with Crippen LogP contribution < -0.4 is 10.5 Å². The maximum absolute atomic E-state index is 5.71. The minimum absolute atomic E-state index is 0.757. The third kappa shape index (κ3) is 3.23. The number of hydrogen-bond donors (Lipinski definition) is 1. The summed E-state index contributed by atoms with van der Waals surface area (Å²) in [5, 5.41) is 4.30. The van der Waals surface area contributed by atoms with E-state index in [1.807, 2.05) is 25.6 Å². The van der Waals surface area contributed by atoms with Crippen molar-refractivity contribution in [3.05, 3.63) is 11.4 Å². The molecule has 1 aromatic rings. The Labute approximate surface area is 91.4 Å². The van der Waals surface area contributed by atoms with Crippen molar-refractivity contribution in [1.82, 2.24) is 9.78 Å². The van der Waals surface area contributed by atoms with Gasteiger partial charge in [-0.1, -0.05) is 0 Å². The maximum atomic E-state index is 5.71. The molecule has 0 fully saturated rings. The number of nitrogens with two attached hydrogens (primary N) is 1. The van der Waals surface area contributed by atoms with Gasteiger partial charge >= 0.3 is 0 Å². The molecule has 0 bridgehead atoms. The fraction of sp³-hybridized carbons (Fsp3) is 0.727. The largest absolute Gasteiger partial charge is 0.490 e. The van der Waals surface area contributed by atoms with E-state index >= 15 is 0 Å². The highest BCUT2D eigenvalue weighted by atomic mass is 16.5. The van der Waals surface area contributed by atoms with Crippen molar-refractivity contribution in [2.75, 3.05) is 13.2 Å². The molecule has 1 heterocycles. The minimum Gasteiger partial charge on any atom is -0.490 e. The molecule has 4 heteroatoms. The molecule has 0 aromatic carbocycles. The molecule has 86 valence electrons. The monoisotopic (exact) mass is 211 g/mol. The molecule has 4 nitrogen and oxygen atoms in total. The van der Waals surface area contributed by atoms with Gasteiger partial charge < -0.3 is 10.5 Å². The number of nitrogens with zero attached hydrogens (tertiary/aromatic N) is 2. The lowest BCUT2D eigenvalue weighted by atomic mass is 10.2. The molecule has 0 amide bonds. The van der Waals surface area contributed by atoms with Crippen LogP contribution in [0.1, 0.15) is 30.7 Å². The fourth-order valence-corrected chi connectivity index (χ4v) is 1.56. The Hall–Kier alpha value is -1.03. The van der Waals surface area contributed by atoms with Gasteiger partial charge in [0.25, 0.3) is 0 Å². The van der Waals surface area contributed by atoms with Gasteiger partial charge in [0.15, 0.2) is 5.75 Å². The quantitative estimate of drug-likeness (QED) is 0.726. The van der Waals surface area contributed by atoms with Crippen molar-refractivity contribution >= 4 is 0 Å². The van der Waals surface area contributed by atoms with Crippen LogP contribution in [0.25, 0.3) is 0 Å². The molecule has 0 aliphatic heterocycles. The molecule has 2 N–H and O–H groups in total. The Kier molecular flexibility index (Phi) is 4.62. The van der Waals surface area contributed by atoms with Gasteiger partial charge in [-0.05, 0) is 39.7 Å². The number of ether oxygens (including phenoxy) is 1. The Morgan fingerprint density at radius 1 is 1.27 bits per heavy atom. The summed E-state index contributed by atoms with van der Waals surface area (Å²) in [6.07, 6.45) is 3.27. The van der Waals surface area contributed by atoms with E-state index in [1.54, 1.807) is 0 Å². The number of aryl methyl sites for hydroxylation is 2. The van der Waals surface area contributed by atoms with Crippen LogP contribution in [0.2, 0.25) is 0 Å². The average molecular weight is 211 g/mol. The van der Waals surface area contributed by atoms with Crippen molar-refractivity contribution in [3.8, 4) is 5.75 Å². The third-order valence-electron chi connectivity index (χ3n) is 2.54. The average Bonchev–Trinajstić information content (AvgIpc) is 2.44. The number of aromatic nitrogens is 2. The molecule has 0 aliphatic rings. The van der Waals surface area contributed by atoms with Crippen LogP contribution in [0.4, 0.5) is 0 Å². The molecule has 0 radical (unpaired) electrons. The Balaban J connectivity index is 2.37. The Morgan fingerprint density at radius 3 is 2.53 bits per heavy atom. The summed E-state index contributed by atoms with van der Waals surface area (Å²) in [6, 6.07) is 0. The van der Waals surface area contributed by atoms with Crippen molar-refractivity contribution in [2.24, 2.45) is 12.8 Å². The summed E-state index contributed by atoms with van der Waals surface area (Å²) in [4.78, 5) is 0.